The lowest BCUT2D eigenvalue weighted by Crippen LogP contribution is -2.29. The van der Waals surface area contributed by atoms with E-state index in [4.69, 9.17) is 9.15 Å². The summed E-state index contributed by atoms with van der Waals surface area (Å²) in [6.07, 6.45) is 1.49. The fourth-order valence-corrected chi connectivity index (χ4v) is 4.29. The lowest BCUT2D eigenvalue weighted by atomic mass is 9.96. The fraction of sp³-hybridized carbons (Fsp3) is 0.111. The number of aliphatic hydroxyl groups is 1. The van der Waals surface area contributed by atoms with Crippen molar-refractivity contribution in [1.29, 1.82) is 0 Å². The summed E-state index contributed by atoms with van der Waals surface area (Å²) >= 11 is 0. The number of likely N-dealkylation sites (tertiary alicyclic amines) is 1. The third-order valence-electron chi connectivity index (χ3n) is 5.91. The standard InChI is InChI=1S/C27H21NO5/c1-32-19-13-11-17(12-14-19)16-28-24(22-10-5-15-33-22)23(26(30)27(28)31)25(29)21-9-4-7-18-6-2-3-8-20(18)21/h2-15,24,29H,16H2,1H3/b25-23-. The number of amides is 1. The van der Waals surface area contributed by atoms with Crippen LogP contribution in [0.4, 0.5) is 0 Å². The van der Waals surface area contributed by atoms with Crippen molar-refractivity contribution < 1.29 is 23.8 Å². The SMILES string of the molecule is COc1ccc(CN2C(=O)C(=O)/C(=C(\O)c3cccc4ccccc34)C2c2ccco2)cc1. The van der Waals surface area contributed by atoms with Gasteiger partial charge >= 0.3 is 0 Å². The zero-order valence-corrected chi connectivity index (χ0v) is 17.9. The summed E-state index contributed by atoms with van der Waals surface area (Å²) in [4.78, 5) is 27.7. The molecule has 6 heteroatoms. The molecule has 0 saturated carbocycles. The first kappa shape index (κ1) is 20.6. The number of fused-ring (bicyclic) bond motifs is 1. The van der Waals surface area contributed by atoms with Crippen LogP contribution in [-0.2, 0) is 16.1 Å². The van der Waals surface area contributed by atoms with E-state index in [-0.39, 0.29) is 17.9 Å². The second kappa shape index (κ2) is 8.31. The molecule has 1 amide bonds. The number of benzene rings is 3. The minimum absolute atomic E-state index is 0.0137. The van der Waals surface area contributed by atoms with Gasteiger partial charge < -0.3 is 19.2 Å². The molecule has 5 rings (SSSR count). The van der Waals surface area contributed by atoms with Crippen LogP contribution in [0.2, 0.25) is 0 Å². The number of nitrogens with zero attached hydrogens (tertiary/aromatic N) is 1. The Bertz CT molecular complexity index is 1360. The van der Waals surface area contributed by atoms with Gasteiger partial charge in [0, 0.05) is 12.1 Å². The van der Waals surface area contributed by atoms with Gasteiger partial charge in [-0.15, -0.1) is 0 Å². The Morgan fingerprint density at radius 3 is 2.45 bits per heavy atom. The number of carbonyl (C=O) groups is 2. The van der Waals surface area contributed by atoms with E-state index in [1.807, 2.05) is 48.5 Å². The van der Waals surface area contributed by atoms with Gasteiger partial charge in [-0.05, 0) is 40.6 Å². The summed E-state index contributed by atoms with van der Waals surface area (Å²) in [5.41, 5.74) is 1.33. The Kier molecular flexibility index (Phi) is 5.18. The first-order valence-corrected chi connectivity index (χ1v) is 10.5. The number of ether oxygens (including phenoxy) is 1. The number of hydrogen-bond acceptors (Lipinski definition) is 5. The molecule has 0 aliphatic carbocycles. The number of ketones is 1. The molecular weight excluding hydrogens is 418 g/mol. The van der Waals surface area contributed by atoms with Crippen molar-refractivity contribution in [3.05, 3.63) is 108 Å². The highest BCUT2D eigenvalue weighted by Gasteiger charge is 2.47. The lowest BCUT2D eigenvalue weighted by molar-refractivity contribution is -0.140. The lowest BCUT2D eigenvalue weighted by Gasteiger charge is -2.23. The molecule has 1 unspecified atom stereocenters. The molecular formula is C27H21NO5. The quantitative estimate of drug-likeness (QED) is 0.267. The van der Waals surface area contributed by atoms with Crippen LogP contribution in [0.1, 0.15) is 22.9 Å². The van der Waals surface area contributed by atoms with Gasteiger partial charge in [-0.1, -0.05) is 54.6 Å². The maximum absolute atomic E-state index is 13.2. The second-order valence-electron chi connectivity index (χ2n) is 7.82. The van der Waals surface area contributed by atoms with Crippen molar-refractivity contribution in [2.24, 2.45) is 0 Å². The van der Waals surface area contributed by atoms with Gasteiger partial charge in [0.05, 0.1) is 18.9 Å². The van der Waals surface area contributed by atoms with Gasteiger partial charge in [0.2, 0.25) is 0 Å². The summed E-state index contributed by atoms with van der Waals surface area (Å²) in [6, 6.07) is 22.9. The van der Waals surface area contributed by atoms with Crippen molar-refractivity contribution in [3.63, 3.8) is 0 Å². The first-order chi connectivity index (χ1) is 16.1. The Balaban J connectivity index is 1.64. The number of carbonyl (C=O) groups excluding carboxylic acids is 2. The molecule has 1 aromatic heterocycles. The second-order valence-corrected chi connectivity index (χ2v) is 7.82. The molecule has 2 heterocycles. The van der Waals surface area contributed by atoms with Crippen molar-refractivity contribution in [3.8, 4) is 5.75 Å². The van der Waals surface area contributed by atoms with E-state index in [0.717, 1.165) is 16.3 Å². The van der Waals surface area contributed by atoms with Gasteiger partial charge in [-0.3, -0.25) is 9.59 Å². The number of rotatable bonds is 5. The first-order valence-electron chi connectivity index (χ1n) is 10.5. The van der Waals surface area contributed by atoms with Crippen LogP contribution in [0, 0.1) is 0 Å². The molecule has 0 spiro atoms. The maximum Gasteiger partial charge on any atom is 0.296 e. The summed E-state index contributed by atoms with van der Waals surface area (Å²) in [7, 11) is 1.58. The maximum atomic E-state index is 13.2. The molecule has 1 aliphatic heterocycles. The molecule has 1 N–H and O–H groups in total. The van der Waals surface area contributed by atoms with E-state index in [1.54, 1.807) is 37.4 Å². The van der Waals surface area contributed by atoms with Crippen LogP contribution in [0.15, 0.2) is 95.1 Å². The Morgan fingerprint density at radius 2 is 1.73 bits per heavy atom. The van der Waals surface area contributed by atoms with Crippen LogP contribution >= 0.6 is 0 Å². The molecule has 164 valence electrons. The van der Waals surface area contributed by atoms with Crippen LogP contribution in [-0.4, -0.2) is 28.8 Å². The molecule has 4 aromatic rings. The molecule has 1 atom stereocenters. The van der Waals surface area contributed by atoms with Gasteiger partial charge in [0.1, 0.15) is 23.3 Å². The third kappa shape index (κ3) is 3.55. The molecule has 1 saturated heterocycles. The number of aliphatic hydroxyl groups excluding tert-OH is 1. The summed E-state index contributed by atoms with van der Waals surface area (Å²) in [6.45, 7) is 0.173. The minimum Gasteiger partial charge on any atom is -0.507 e. The van der Waals surface area contributed by atoms with Crippen LogP contribution in [0.5, 0.6) is 5.75 Å². The molecule has 1 aliphatic rings. The Hall–Kier alpha value is -4.32. The van der Waals surface area contributed by atoms with Gasteiger partial charge in [-0.2, -0.15) is 0 Å². The van der Waals surface area contributed by atoms with Gasteiger partial charge in [0.15, 0.2) is 0 Å². The molecule has 0 bridgehead atoms. The number of furan rings is 1. The zero-order chi connectivity index (χ0) is 22.9. The summed E-state index contributed by atoms with van der Waals surface area (Å²) in [5, 5.41) is 13.1. The van der Waals surface area contributed by atoms with E-state index in [1.165, 1.54) is 11.2 Å². The molecule has 6 nitrogen and oxygen atoms in total. The third-order valence-corrected chi connectivity index (χ3v) is 5.91. The predicted octanol–water partition coefficient (Wildman–Crippen LogP) is 5.06. The highest BCUT2D eigenvalue weighted by Crippen LogP contribution is 2.41. The van der Waals surface area contributed by atoms with Crippen molar-refractivity contribution in [2.75, 3.05) is 7.11 Å². The van der Waals surface area contributed by atoms with E-state index in [2.05, 4.69) is 0 Å². The minimum atomic E-state index is -0.846. The van der Waals surface area contributed by atoms with Crippen LogP contribution in [0.3, 0.4) is 0 Å². The normalized spacial score (nSPS) is 17.6. The molecule has 0 radical (unpaired) electrons. The van der Waals surface area contributed by atoms with Crippen molar-refractivity contribution in [2.45, 2.75) is 12.6 Å². The fourth-order valence-electron chi connectivity index (χ4n) is 4.29. The van der Waals surface area contributed by atoms with Crippen molar-refractivity contribution in [1.82, 2.24) is 4.90 Å². The van der Waals surface area contributed by atoms with E-state index >= 15 is 0 Å². The van der Waals surface area contributed by atoms with E-state index in [9.17, 15) is 14.7 Å². The van der Waals surface area contributed by atoms with E-state index < -0.39 is 17.7 Å². The van der Waals surface area contributed by atoms with Gasteiger partial charge in [0.25, 0.3) is 11.7 Å². The zero-order valence-electron chi connectivity index (χ0n) is 17.9. The summed E-state index contributed by atoms with van der Waals surface area (Å²) < 4.78 is 10.8. The topological polar surface area (TPSA) is 80.0 Å². The monoisotopic (exact) mass is 439 g/mol. The highest BCUT2D eigenvalue weighted by molar-refractivity contribution is 6.46. The van der Waals surface area contributed by atoms with Crippen molar-refractivity contribution >= 4 is 28.2 Å². The Morgan fingerprint density at radius 1 is 0.970 bits per heavy atom. The van der Waals surface area contributed by atoms with Crippen LogP contribution in [0.25, 0.3) is 16.5 Å². The molecule has 33 heavy (non-hydrogen) atoms. The highest BCUT2D eigenvalue weighted by atomic mass is 16.5. The van der Waals surface area contributed by atoms with E-state index in [0.29, 0.717) is 17.1 Å². The largest absolute Gasteiger partial charge is 0.507 e. The molecule has 1 fully saturated rings. The smallest absolute Gasteiger partial charge is 0.296 e. The van der Waals surface area contributed by atoms with Gasteiger partial charge in [-0.25, -0.2) is 0 Å². The average Bonchev–Trinajstić information content (AvgIpc) is 3.46. The number of Topliss-reactive ketones (excluding diaryl/α,β-unsaturated/α-hetero) is 1. The number of hydrogen-bond donors (Lipinski definition) is 1. The predicted molar refractivity (Wildman–Crippen MR) is 123 cm³/mol. The Labute approximate surface area is 190 Å². The summed E-state index contributed by atoms with van der Waals surface area (Å²) in [5.74, 6) is -0.544. The number of methoxy groups -OCH3 is 1. The van der Waals surface area contributed by atoms with Crippen LogP contribution < -0.4 is 4.74 Å². The average molecular weight is 439 g/mol. The molecule has 3 aromatic carbocycles.